The number of nitro benzene ring substituents is 1. The van der Waals surface area contributed by atoms with Crippen LogP contribution < -0.4 is 5.73 Å². The van der Waals surface area contributed by atoms with Gasteiger partial charge >= 0.3 is 0 Å². The SMILES string of the molecule is CC1OCC2(c3cc([N+](=O)[O-])cc(F)c3F)N=C(N)SCC12. The van der Waals surface area contributed by atoms with Crippen LogP contribution >= 0.6 is 11.8 Å². The van der Waals surface area contributed by atoms with Gasteiger partial charge in [0.05, 0.1) is 23.7 Å². The zero-order chi connectivity index (χ0) is 16.1. The lowest BCUT2D eigenvalue weighted by molar-refractivity contribution is -0.385. The Kier molecular flexibility index (Phi) is 3.56. The molecule has 2 aliphatic rings. The molecule has 0 aromatic heterocycles. The van der Waals surface area contributed by atoms with Crippen LogP contribution in [0, 0.1) is 27.7 Å². The molecule has 3 rings (SSSR count). The summed E-state index contributed by atoms with van der Waals surface area (Å²) < 4.78 is 33.7. The van der Waals surface area contributed by atoms with E-state index >= 15 is 0 Å². The number of aliphatic imine (C=N–C) groups is 1. The largest absolute Gasteiger partial charge is 0.379 e. The van der Waals surface area contributed by atoms with Crippen molar-refractivity contribution < 1.29 is 18.4 Å². The number of thioether (sulfide) groups is 1. The van der Waals surface area contributed by atoms with E-state index in [-0.39, 0.29) is 29.4 Å². The Morgan fingerprint density at radius 2 is 2.27 bits per heavy atom. The van der Waals surface area contributed by atoms with Gasteiger partial charge in [-0.05, 0) is 6.92 Å². The molecular formula is C13H13F2N3O3S. The van der Waals surface area contributed by atoms with Crippen LogP contribution in [0.1, 0.15) is 12.5 Å². The van der Waals surface area contributed by atoms with Crippen molar-refractivity contribution in [3.05, 3.63) is 39.4 Å². The first-order chi connectivity index (χ1) is 10.3. The molecule has 2 N–H and O–H groups in total. The van der Waals surface area contributed by atoms with Gasteiger partial charge < -0.3 is 10.5 Å². The van der Waals surface area contributed by atoms with Crippen molar-refractivity contribution in [3.8, 4) is 0 Å². The lowest BCUT2D eigenvalue weighted by Crippen LogP contribution is -2.42. The maximum absolute atomic E-state index is 14.3. The van der Waals surface area contributed by atoms with Crippen LogP contribution in [0.3, 0.4) is 0 Å². The summed E-state index contributed by atoms with van der Waals surface area (Å²) in [6.45, 7) is 1.83. The molecule has 0 radical (unpaired) electrons. The van der Waals surface area contributed by atoms with Crippen molar-refractivity contribution in [1.29, 1.82) is 0 Å². The van der Waals surface area contributed by atoms with E-state index in [2.05, 4.69) is 4.99 Å². The number of non-ortho nitro benzene ring substituents is 1. The van der Waals surface area contributed by atoms with Crippen molar-refractivity contribution >= 4 is 22.6 Å². The monoisotopic (exact) mass is 329 g/mol. The number of hydrogen-bond acceptors (Lipinski definition) is 6. The summed E-state index contributed by atoms with van der Waals surface area (Å²) in [5, 5.41) is 11.2. The minimum atomic E-state index is -1.27. The smallest absolute Gasteiger partial charge is 0.272 e. The quantitative estimate of drug-likeness (QED) is 0.663. The molecule has 1 aromatic rings. The van der Waals surface area contributed by atoms with Crippen LogP contribution in [-0.4, -0.2) is 28.6 Å². The van der Waals surface area contributed by atoms with Crippen LogP contribution in [-0.2, 0) is 10.3 Å². The van der Waals surface area contributed by atoms with Crippen molar-refractivity contribution in [3.63, 3.8) is 0 Å². The minimum Gasteiger partial charge on any atom is -0.379 e. The summed E-state index contributed by atoms with van der Waals surface area (Å²) in [5.41, 5.74) is 3.85. The number of nitro groups is 1. The minimum absolute atomic E-state index is 0.0115. The molecule has 3 unspecified atom stereocenters. The zero-order valence-electron chi connectivity index (χ0n) is 11.6. The number of amidine groups is 1. The average molecular weight is 329 g/mol. The van der Waals surface area contributed by atoms with E-state index in [4.69, 9.17) is 10.5 Å². The molecule has 0 aliphatic carbocycles. The Bertz CT molecular complexity index is 685. The van der Waals surface area contributed by atoms with Crippen molar-refractivity contribution in [1.82, 2.24) is 0 Å². The van der Waals surface area contributed by atoms with Crippen molar-refractivity contribution in [2.45, 2.75) is 18.6 Å². The highest BCUT2D eigenvalue weighted by Crippen LogP contribution is 2.48. The molecule has 6 nitrogen and oxygen atoms in total. The lowest BCUT2D eigenvalue weighted by atomic mass is 9.79. The third-order valence-corrected chi connectivity index (χ3v) is 5.07. The van der Waals surface area contributed by atoms with E-state index < -0.39 is 27.8 Å². The Hall–Kier alpha value is -1.74. The van der Waals surface area contributed by atoms with E-state index in [0.29, 0.717) is 11.8 Å². The first kappa shape index (κ1) is 15.2. The van der Waals surface area contributed by atoms with Crippen LogP contribution in [0.15, 0.2) is 17.1 Å². The summed E-state index contributed by atoms with van der Waals surface area (Å²) in [6.07, 6.45) is -0.230. The number of ether oxygens (including phenoxy) is 1. The normalized spacial score (nSPS) is 30.8. The number of benzene rings is 1. The Labute approximate surface area is 128 Å². The fourth-order valence-corrected chi connectivity index (χ4v) is 4.12. The highest BCUT2D eigenvalue weighted by atomic mass is 32.2. The van der Waals surface area contributed by atoms with Crippen LogP contribution in [0.4, 0.5) is 14.5 Å². The van der Waals surface area contributed by atoms with Crippen LogP contribution in [0.5, 0.6) is 0 Å². The van der Waals surface area contributed by atoms with Gasteiger partial charge in [-0.2, -0.15) is 0 Å². The topological polar surface area (TPSA) is 90.8 Å². The first-order valence-electron chi connectivity index (χ1n) is 6.59. The summed E-state index contributed by atoms with van der Waals surface area (Å²) in [5.74, 6) is -2.12. The molecule has 1 fully saturated rings. The lowest BCUT2D eigenvalue weighted by Gasteiger charge is -2.35. The summed E-state index contributed by atoms with van der Waals surface area (Å²) in [4.78, 5) is 14.5. The van der Waals surface area contributed by atoms with Crippen molar-refractivity contribution in [2.24, 2.45) is 16.6 Å². The third-order valence-electron chi connectivity index (χ3n) is 4.16. The van der Waals surface area contributed by atoms with Crippen LogP contribution in [0.25, 0.3) is 0 Å². The molecule has 0 amide bonds. The molecule has 2 aliphatic heterocycles. The molecule has 118 valence electrons. The van der Waals surface area contributed by atoms with Crippen molar-refractivity contribution in [2.75, 3.05) is 12.4 Å². The third kappa shape index (κ3) is 2.15. The van der Waals surface area contributed by atoms with Gasteiger partial charge in [-0.1, -0.05) is 11.8 Å². The highest BCUT2D eigenvalue weighted by Gasteiger charge is 2.53. The second-order valence-electron chi connectivity index (χ2n) is 5.35. The van der Waals surface area contributed by atoms with Gasteiger partial charge in [-0.25, -0.2) is 13.8 Å². The number of nitrogens with zero attached hydrogens (tertiary/aromatic N) is 2. The van der Waals surface area contributed by atoms with Gasteiger partial charge in [0.2, 0.25) is 0 Å². The second-order valence-corrected chi connectivity index (χ2v) is 6.39. The fourth-order valence-electron chi connectivity index (χ4n) is 3.00. The number of halogens is 2. The van der Waals surface area contributed by atoms with E-state index in [0.717, 1.165) is 6.07 Å². The first-order valence-corrected chi connectivity index (χ1v) is 7.57. The predicted molar refractivity (Wildman–Crippen MR) is 77.7 cm³/mol. The number of hydrogen-bond donors (Lipinski definition) is 1. The average Bonchev–Trinajstić information content (AvgIpc) is 2.79. The summed E-state index contributed by atoms with van der Waals surface area (Å²) >= 11 is 1.31. The molecule has 1 saturated heterocycles. The maximum Gasteiger partial charge on any atom is 0.272 e. The second kappa shape index (κ2) is 5.17. The highest BCUT2D eigenvalue weighted by molar-refractivity contribution is 8.13. The van der Waals surface area contributed by atoms with Crippen LogP contribution in [0.2, 0.25) is 0 Å². The van der Waals surface area contributed by atoms with E-state index in [1.807, 2.05) is 6.92 Å². The maximum atomic E-state index is 14.3. The molecule has 0 bridgehead atoms. The Morgan fingerprint density at radius 3 is 2.95 bits per heavy atom. The molecule has 1 aromatic carbocycles. The number of nitrogens with two attached hydrogens (primary N) is 1. The van der Waals surface area contributed by atoms with E-state index in [1.54, 1.807) is 0 Å². The molecule has 3 atom stereocenters. The Balaban J connectivity index is 2.24. The molecular weight excluding hydrogens is 316 g/mol. The zero-order valence-corrected chi connectivity index (χ0v) is 12.4. The molecule has 2 heterocycles. The fraction of sp³-hybridized carbons (Fsp3) is 0.462. The molecule has 9 heteroatoms. The molecule has 22 heavy (non-hydrogen) atoms. The predicted octanol–water partition coefficient (Wildman–Crippen LogP) is 2.16. The molecule has 0 spiro atoms. The summed E-state index contributed by atoms with van der Waals surface area (Å²) in [7, 11) is 0. The van der Waals surface area contributed by atoms with Gasteiger partial charge in [0.25, 0.3) is 5.69 Å². The molecule has 0 saturated carbocycles. The standard InChI is InChI=1S/C13H13F2N3O3S/c1-6-9-4-22-12(16)17-13(9,5-21-6)8-2-7(18(19)20)3-10(14)11(8)15/h2-3,6,9H,4-5H2,1H3,(H2,16,17). The van der Waals surface area contributed by atoms with Gasteiger partial charge in [0.1, 0.15) is 5.54 Å². The van der Waals surface area contributed by atoms with Gasteiger partial charge in [-0.3, -0.25) is 10.1 Å². The number of fused-ring (bicyclic) bond motifs is 1. The summed E-state index contributed by atoms with van der Waals surface area (Å²) in [6, 6.07) is 1.59. The van der Waals surface area contributed by atoms with Gasteiger partial charge in [-0.15, -0.1) is 0 Å². The van der Waals surface area contributed by atoms with Gasteiger partial charge in [0.15, 0.2) is 16.8 Å². The number of rotatable bonds is 2. The van der Waals surface area contributed by atoms with E-state index in [1.165, 1.54) is 11.8 Å². The Morgan fingerprint density at radius 1 is 1.55 bits per heavy atom. The van der Waals surface area contributed by atoms with Gasteiger partial charge in [0, 0.05) is 23.3 Å². The van der Waals surface area contributed by atoms with E-state index in [9.17, 15) is 18.9 Å².